The van der Waals surface area contributed by atoms with Gasteiger partial charge in [-0.05, 0) is 56.4 Å². The van der Waals surface area contributed by atoms with Gasteiger partial charge >= 0.3 is 0 Å². The van der Waals surface area contributed by atoms with Crippen LogP contribution in [-0.2, 0) is 19.1 Å². The molecule has 0 spiro atoms. The van der Waals surface area contributed by atoms with Crippen molar-refractivity contribution >= 4 is 11.7 Å². The summed E-state index contributed by atoms with van der Waals surface area (Å²) < 4.78 is 29.0. The first-order valence-electron chi connectivity index (χ1n) is 17.4. The highest BCUT2D eigenvalue weighted by atomic mass is 19.1. The number of carbonyl (C=O) groups is 2. The molecular weight excluding hydrogens is 549 g/mol. The summed E-state index contributed by atoms with van der Waals surface area (Å²) in [6.07, 6.45) is 10.1. The largest absolute Gasteiger partial charge is 0.379 e. The van der Waals surface area contributed by atoms with Gasteiger partial charge in [-0.25, -0.2) is 4.39 Å². The molecule has 0 aromatic rings. The Morgan fingerprint density at radius 3 is 2.60 bits per heavy atom. The molecule has 10 heteroatoms. The molecular formula is C33H50FN5O4. The van der Waals surface area contributed by atoms with Gasteiger partial charge in [-0.1, -0.05) is 25.7 Å². The van der Waals surface area contributed by atoms with Crippen LogP contribution in [-0.4, -0.2) is 128 Å². The Morgan fingerprint density at radius 2 is 1.79 bits per heavy atom. The lowest BCUT2D eigenvalue weighted by atomic mass is 9.64. The Balaban J connectivity index is 1.07. The number of Topliss-reactive ketones (excluding diaryl/α,β-unsaturated/α-hetero) is 1. The lowest BCUT2D eigenvalue weighted by molar-refractivity contribution is -0.219. The first-order valence-corrected chi connectivity index (χ1v) is 17.4. The molecule has 0 aromatic carbocycles. The van der Waals surface area contributed by atoms with E-state index in [1.807, 2.05) is 6.20 Å². The van der Waals surface area contributed by atoms with Gasteiger partial charge in [-0.3, -0.25) is 19.4 Å². The van der Waals surface area contributed by atoms with Crippen LogP contribution in [0.15, 0.2) is 11.8 Å². The molecule has 0 aromatic heterocycles. The summed E-state index contributed by atoms with van der Waals surface area (Å²) in [7, 11) is 0. The number of piperidine rings is 1. The quantitative estimate of drug-likeness (QED) is 0.463. The summed E-state index contributed by atoms with van der Waals surface area (Å²) in [5.74, 6) is 0.851. The molecule has 3 aliphatic carbocycles. The molecule has 43 heavy (non-hydrogen) atoms. The van der Waals surface area contributed by atoms with Crippen LogP contribution < -0.4 is 10.6 Å². The van der Waals surface area contributed by atoms with Gasteiger partial charge in [-0.15, -0.1) is 0 Å². The number of alkyl halides is 1. The van der Waals surface area contributed by atoms with Gasteiger partial charge in [0.2, 0.25) is 0 Å². The van der Waals surface area contributed by atoms with Crippen LogP contribution in [0.25, 0.3) is 0 Å². The van der Waals surface area contributed by atoms with E-state index in [0.717, 1.165) is 52.1 Å². The van der Waals surface area contributed by atoms with Crippen LogP contribution in [0.2, 0.25) is 0 Å². The van der Waals surface area contributed by atoms with E-state index in [-0.39, 0.29) is 54.0 Å². The first kappa shape index (κ1) is 28.9. The summed E-state index contributed by atoms with van der Waals surface area (Å²) in [6, 6.07) is 0.0223. The van der Waals surface area contributed by atoms with Crippen molar-refractivity contribution in [3.63, 3.8) is 0 Å². The number of morpholine rings is 2. The maximum absolute atomic E-state index is 16.5. The van der Waals surface area contributed by atoms with Gasteiger partial charge < -0.3 is 25.0 Å². The minimum Gasteiger partial charge on any atom is -0.379 e. The van der Waals surface area contributed by atoms with Crippen molar-refractivity contribution in [1.29, 1.82) is 0 Å². The molecule has 7 fully saturated rings. The number of amides is 1. The predicted octanol–water partition coefficient (Wildman–Crippen LogP) is 1.72. The number of ether oxygens (including phenoxy) is 2. The number of likely N-dealkylation sites (tertiary alicyclic amines) is 1. The SMILES string of the molecule is O=C(NCCN1CCOCC1)C1=CN2C3CC4CCCCC4CC3OC3C(N4CC5CCCNC5C4)C(F)CC(C1=O)C32. The third-order valence-corrected chi connectivity index (χ3v) is 12.6. The average Bonchev–Trinajstić information content (AvgIpc) is 3.45. The van der Waals surface area contributed by atoms with Crippen molar-refractivity contribution in [1.82, 2.24) is 25.3 Å². The zero-order valence-electron chi connectivity index (χ0n) is 25.5. The lowest BCUT2D eigenvalue weighted by Crippen LogP contribution is -2.73. The Labute approximate surface area is 255 Å². The fourth-order valence-electron chi connectivity index (χ4n) is 10.4. The molecule has 8 aliphatic rings. The Hall–Kier alpha value is -1.59. The number of ketones is 1. The maximum atomic E-state index is 16.5. The molecule has 5 aliphatic heterocycles. The smallest absolute Gasteiger partial charge is 0.256 e. The van der Waals surface area contributed by atoms with Crippen molar-refractivity contribution in [3.8, 4) is 0 Å². The maximum Gasteiger partial charge on any atom is 0.256 e. The first-order chi connectivity index (χ1) is 21.0. The number of carbonyl (C=O) groups excluding carboxylic acids is 2. The zero-order chi connectivity index (χ0) is 29.1. The van der Waals surface area contributed by atoms with Crippen molar-refractivity contribution in [2.45, 2.75) is 100 Å². The summed E-state index contributed by atoms with van der Waals surface area (Å²) >= 11 is 0. The van der Waals surface area contributed by atoms with Crippen LogP contribution in [0, 0.1) is 23.7 Å². The second kappa shape index (κ2) is 12.0. The fraction of sp³-hybridized carbons (Fsp3) is 0.879. The molecule has 8 rings (SSSR count). The third-order valence-electron chi connectivity index (χ3n) is 12.6. The van der Waals surface area contributed by atoms with Crippen molar-refractivity contribution in [3.05, 3.63) is 11.8 Å². The number of halogens is 1. The van der Waals surface area contributed by atoms with Crippen molar-refractivity contribution in [2.75, 3.05) is 59.0 Å². The van der Waals surface area contributed by atoms with Crippen LogP contribution in [0.3, 0.4) is 0 Å². The van der Waals surface area contributed by atoms with E-state index in [1.54, 1.807) is 0 Å². The van der Waals surface area contributed by atoms with E-state index in [9.17, 15) is 9.59 Å². The molecule has 11 unspecified atom stereocenters. The van der Waals surface area contributed by atoms with Crippen LogP contribution >= 0.6 is 0 Å². The molecule has 3 saturated carbocycles. The number of hydrogen-bond donors (Lipinski definition) is 2. The summed E-state index contributed by atoms with van der Waals surface area (Å²) in [5.41, 5.74) is 0.218. The molecule has 2 N–H and O–H groups in total. The minimum absolute atomic E-state index is 0.0205. The van der Waals surface area contributed by atoms with Gasteiger partial charge in [-0.2, -0.15) is 0 Å². The second-order valence-corrected chi connectivity index (χ2v) is 14.8. The van der Waals surface area contributed by atoms with Crippen LogP contribution in [0.5, 0.6) is 0 Å². The molecule has 9 nitrogen and oxygen atoms in total. The average molecular weight is 600 g/mol. The molecule has 5 heterocycles. The van der Waals surface area contributed by atoms with Gasteiger partial charge in [0.15, 0.2) is 5.78 Å². The number of nitrogens with one attached hydrogen (secondary N) is 2. The van der Waals surface area contributed by atoms with Crippen molar-refractivity contribution < 1.29 is 23.5 Å². The Bertz CT molecular complexity index is 1090. The third kappa shape index (κ3) is 5.27. The molecule has 1 amide bonds. The van der Waals surface area contributed by atoms with E-state index in [2.05, 4.69) is 25.3 Å². The highest BCUT2D eigenvalue weighted by Gasteiger charge is 2.61. The van der Waals surface area contributed by atoms with Crippen molar-refractivity contribution in [2.24, 2.45) is 23.7 Å². The van der Waals surface area contributed by atoms with Gasteiger partial charge in [0, 0.05) is 57.4 Å². The van der Waals surface area contributed by atoms with Gasteiger partial charge in [0.25, 0.3) is 5.91 Å². The zero-order valence-corrected chi connectivity index (χ0v) is 25.5. The highest BCUT2D eigenvalue weighted by Crippen LogP contribution is 2.51. The molecule has 11 atom stereocenters. The number of fused-ring (bicyclic) bond motifs is 4. The number of rotatable bonds is 5. The topological polar surface area (TPSA) is 86.4 Å². The Kier molecular flexibility index (Phi) is 8.03. The summed E-state index contributed by atoms with van der Waals surface area (Å²) in [6.45, 7) is 7.15. The van der Waals surface area contributed by atoms with E-state index in [0.29, 0.717) is 43.6 Å². The van der Waals surface area contributed by atoms with Gasteiger partial charge in [0.1, 0.15) is 6.17 Å². The standard InChI is InChI=1S/C33H50FN5O4/c34-25-16-23-29-32(30(25)38-17-22-6-3-7-35-26(22)19-38)43-28-15-21-5-2-1-4-20(21)14-27(28)39(29)18-24(31(23)40)33(41)36-8-9-37-10-12-42-13-11-37/h18,20-23,25-30,32,35H,1-17,19H2,(H,36,41). The van der Waals surface area contributed by atoms with Gasteiger partial charge in [0.05, 0.1) is 49.1 Å². The molecule has 0 bridgehead atoms. The molecule has 0 radical (unpaired) electrons. The fourth-order valence-corrected chi connectivity index (χ4v) is 10.4. The molecule has 4 saturated heterocycles. The predicted molar refractivity (Wildman–Crippen MR) is 159 cm³/mol. The van der Waals surface area contributed by atoms with E-state index in [1.165, 1.54) is 38.5 Å². The van der Waals surface area contributed by atoms with E-state index in [4.69, 9.17) is 9.47 Å². The monoisotopic (exact) mass is 599 g/mol. The van der Waals surface area contributed by atoms with Crippen LogP contribution in [0.1, 0.15) is 57.8 Å². The summed E-state index contributed by atoms with van der Waals surface area (Å²) in [4.78, 5) is 34.6. The minimum atomic E-state index is -1.15. The Morgan fingerprint density at radius 1 is 1.00 bits per heavy atom. The van der Waals surface area contributed by atoms with E-state index < -0.39 is 12.1 Å². The lowest BCUT2D eigenvalue weighted by Gasteiger charge is -2.61. The second-order valence-electron chi connectivity index (χ2n) is 14.8. The highest BCUT2D eigenvalue weighted by molar-refractivity contribution is 6.20. The number of nitrogens with zero attached hydrogens (tertiary/aromatic N) is 3. The van der Waals surface area contributed by atoms with Crippen LogP contribution in [0.4, 0.5) is 4.39 Å². The number of hydrogen-bond acceptors (Lipinski definition) is 8. The van der Waals surface area contributed by atoms with E-state index >= 15 is 4.39 Å². The molecule has 238 valence electrons. The summed E-state index contributed by atoms with van der Waals surface area (Å²) in [5, 5.41) is 6.72. The normalized spacial score (nSPS) is 45.0.